The van der Waals surface area contributed by atoms with Crippen LogP contribution in [-0.2, 0) is 9.53 Å². The van der Waals surface area contributed by atoms with Gasteiger partial charge in [-0.3, -0.25) is 4.79 Å². The van der Waals surface area contributed by atoms with Gasteiger partial charge in [0.25, 0.3) is 0 Å². The Balaban J connectivity index is 1.82. The summed E-state index contributed by atoms with van der Waals surface area (Å²) in [6, 6.07) is 14.8. The molecule has 0 spiro atoms. The molecule has 0 aliphatic rings. The van der Waals surface area contributed by atoms with Gasteiger partial charge in [0.05, 0.1) is 20.3 Å². The molecule has 0 aliphatic heterocycles. The molecule has 166 valence electrons. The number of nitrogens with one attached hydrogen (secondary N) is 1. The van der Waals surface area contributed by atoms with Crippen molar-refractivity contribution in [2.24, 2.45) is 0 Å². The average molecular weight is 452 g/mol. The van der Waals surface area contributed by atoms with E-state index in [0.717, 1.165) is 22.6 Å². The van der Waals surface area contributed by atoms with Crippen molar-refractivity contribution in [3.05, 3.63) is 71.1 Å². The number of esters is 1. The Morgan fingerprint density at radius 2 is 1.66 bits per heavy atom. The van der Waals surface area contributed by atoms with Crippen molar-refractivity contribution in [1.82, 2.24) is 0 Å². The Bertz CT molecular complexity index is 1080. The summed E-state index contributed by atoms with van der Waals surface area (Å²) in [7, 11) is 1.60. The summed E-state index contributed by atoms with van der Waals surface area (Å²) in [4.78, 5) is 25.2. The quantitative estimate of drug-likeness (QED) is 0.336. The van der Waals surface area contributed by atoms with E-state index in [9.17, 15) is 9.59 Å². The maximum atomic E-state index is 12.7. The van der Waals surface area contributed by atoms with Crippen LogP contribution in [0.1, 0.15) is 29.8 Å². The zero-order chi connectivity index (χ0) is 22.9. The first kappa shape index (κ1) is 23.1. The van der Waals surface area contributed by atoms with Gasteiger partial charge in [-0.05, 0) is 55.3 Å². The molecule has 0 atom stereocenters. The highest BCUT2D eigenvalue weighted by molar-refractivity contribution is 7.15. The number of ether oxygens (including phenoxy) is 3. The Labute approximate surface area is 191 Å². The number of anilines is 1. The van der Waals surface area contributed by atoms with Gasteiger partial charge in [-0.25, -0.2) is 4.79 Å². The lowest BCUT2D eigenvalue weighted by molar-refractivity contribution is -0.111. The lowest BCUT2D eigenvalue weighted by Crippen LogP contribution is -2.12. The molecule has 1 amide bonds. The molecule has 32 heavy (non-hydrogen) atoms. The fourth-order valence-corrected chi connectivity index (χ4v) is 3.97. The second kappa shape index (κ2) is 11.2. The van der Waals surface area contributed by atoms with Gasteiger partial charge >= 0.3 is 5.97 Å². The van der Waals surface area contributed by atoms with Crippen LogP contribution in [0, 0.1) is 0 Å². The second-order valence-electron chi connectivity index (χ2n) is 6.63. The van der Waals surface area contributed by atoms with Crippen LogP contribution in [0.4, 0.5) is 5.00 Å². The van der Waals surface area contributed by atoms with Gasteiger partial charge in [0, 0.05) is 17.0 Å². The molecule has 0 aliphatic carbocycles. The molecule has 3 aromatic rings. The molecule has 3 rings (SSSR count). The van der Waals surface area contributed by atoms with Crippen molar-refractivity contribution in [1.29, 1.82) is 0 Å². The number of hydrogen-bond donors (Lipinski definition) is 1. The topological polar surface area (TPSA) is 73.9 Å². The molecule has 1 N–H and O–H groups in total. The first-order valence-corrected chi connectivity index (χ1v) is 11.1. The highest BCUT2D eigenvalue weighted by Crippen LogP contribution is 2.37. The number of thiophene rings is 1. The van der Waals surface area contributed by atoms with Crippen LogP contribution in [0.5, 0.6) is 11.5 Å². The zero-order valence-electron chi connectivity index (χ0n) is 18.2. The maximum absolute atomic E-state index is 12.7. The average Bonchev–Trinajstić information content (AvgIpc) is 3.22. The monoisotopic (exact) mass is 451 g/mol. The normalized spacial score (nSPS) is 10.7. The summed E-state index contributed by atoms with van der Waals surface area (Å²) in [5.74, 6) is 0.672. The van der Waals surface area contributed by atoms with E-state index < -0.39 is 5.97 Å². The minimum absolute atomic E-state index is 0.238. The van der Waals surface area contributed by atoms with E-state index in [-0.39, 0.29) is 12.5 Å². The predicted molar refractivity (Wildman–Crippen MR) is 128 cm³/mol. The van der Waals surface area contributed by atoms with Gasteiger partial charge in [-0.2, -0.15) is 0 Å². The van der Waals surface area contributed by atoms with E-state index in [4.69, 9.17) is 14.2 Å². The molecule has 0 saturated carbocycles. The number of carbonyl (C=O) groups excluding carboxylic acids is 2. The Kier molecular flexibility index (Phi) is 8.05. The van der Waals surface area contributed by atoms with Gasteiger partial charge in [0.15, 0.2) is 0 Å². The highest BCUT2D eigenvalue weighted by atomic mass is 32.1. The number of methoxy groups -OCH3 is 1. The molecule has 0 saturated heterocycles. The number of amides is 1. The molecule has 0 fully saturated rings. The van der Waals surface area contributed by atoms with Crippen LogP contribution in [0.25, 0.3) is 17.2 Å². The van der Waals surface area contributed by atoms with E-state index in [1.807, 2.05) is 60.8 Å². The summed E-state index contributed by atoms with van der Waals surface area (Å²) in [5, 5.41) is 5.09. The molecule has 2 aromatic carbocycles. The van der Waals surface area contributed by atoms with E-state index in [1.54, 1.807) is 20.1 Å². The van der Waals surface area contributed by atoms with E-state index >= 15 is 0 Å². The first-order chi connectivity index (χ1) is 15.5. The molecule has 0 unspecified atom stereocenters. The van der Waals surface area contributed by atoms with Gasteiger partial charge in [0.2, 0.25) is 5.91 Å². The van der Waals surface area contributed by atoms with E-state index in [0.29, 0.717) is 22.7 Å². The van der Waals surface area contributed by atoms with Crippen molar-refractivity contribution in [2.75, 3.05) is 25.6 Å². The third kappa shape index (κ3) is 5.76. The number of carbonyl (C=O) groups is 2. The molecule has 6 nitrogen and oxygen atoms in total. The van der Waals surface area contributed by atoms with Gasteiger partial charge < -0.3 is 19.5 Å². The Morgan fingerprint density at radius 3 is 2.28 bits per heavy atom. The van der Waals surface area contributed by atoms with Crippen molar-refractivity contribution < 1.29 is 23.8 Å². The Hall–Kier alpha value is -3.58. The predicted octanol–water partition coefficient (Wildman–Crippen LogP) is 5.65. The summed E-state index contributed by atoms with van der Waals surface area (Å²) < 4.78 is 15.9. The molecule has 0 bridgehead atoms. The first-order valence-electron chi connectivity index (χ1n) is 10.2. The van der Waals surface area contributed by atoms with Crippen LogP contribution in [0.2, 0.25) is 0 Å². The van der Waals surface area contributed by atoms with Crippen LogP contribution < -0.4 is 14.8 Å². The van der Waals surface area contributed by atoms with Crippen molar-refractivity contribution in [2.45, 2.75) is 13.8 Å². The minimum atomic E-state index is -0.480. The van der Waals surface area contributed by atoms with Crippen molar-refractivity contribution in [3.63, 3.8) is 0 Å². The van der Waals surface area contributed by atoms with Crippen LogP contribution in [0.3, 0.4) is 0 Å². The summed E-state index contributed by atoms with van der Waals surface area (Å²) in [6.45, 7) is 4.48. The summed E-state index contributed by atoms with van der Waals surface area (Å²) in [5.41, 5.74) is 2.73. The largest absolute Gasteiger partial charge is 0.497 e. The molecule has 7 heteroatoms. The zero-order valence-corrected chi connectivity index (χ0v) is 19.0. The number of hydrogen-bond acceptors (Lipinski definition) is 6. The third-order valence-electron chi connectivity index (χ3n) is 4.53. The summed E-state index contributed by atoms with van der Waals surface area (Å²) >= 11 is 1.28. The fourth-order valence-electron chi connectivity index (χ4n) is 3.01. The van der Waals surface area contributed by atoms with Crippen LogP contribution >= 0.6 is 11.3 Å². The summed E-state index contributed by atoms with van der Waals surface area (Å²) in [6.07, 6.45) is 3.12. The Morgan fingerprint density at radius 1 is 0.969 bits per heavy atom. The minimum Gasteiger partial charge on any atom is -0.497 e. The second-order valence-corrected chi connectivity index (χ2v) is 7.51. The lowest BCUT2D eigenvalue weighted by atomic mass is 10.0. The number of benzene rings is 2. The highest BCUT2D eigenvalue weighted by Gasteiger charge is 2.22. The smallest absolute Gasteiger partial charge is 0.341 e. The van der Waals surface area contributed by atoms with Gasteiger partial charge in [-0.1, -0.05) is 24.3 Å². The van der Waals surface area contributed by atoms with Crippen LogP contribution in [-0.4, -0.2) is 32.2 Å². The lowest BCUT2D eigenvalue weighted by Gasteiger charge is -2.09. The van der Waals surface area contributed by atoms with Crippen molar-refractivity contribution in [3.8, 4) is 22.6 Å². The molecule has 0 radical (unpaired) electrons. The number of rotatable bonds is 9. The van der Waals surface area contributed by atoms with Gasteiger partial charge in [0.1, 0.15) is 22.1 Å². The maximum Gasteiger partial charge on any atom is 0.341 e. The van der Waals surface area contributed by atoms with Crippen LogP contribution in [0.15, 0.2) is 60.0 Å². The molecular weight excluding hydrogens is 426 g/mol. The molecular formula is C25H25NO5S. The molecule has 1 heterocycles. The van der Waals surface area contributed by atoms with Crippen molar-refractivity contribution >= 4 is 34.3 Å². The molecule has 1 aromatic heterocycles. The van der Waals surface area contributed by atoms with E-state index in [2.05, 4.69) is 5.32 Å². The third-order valence-corrected chi connectivity index (χ3v) is 5.42. The van der Waals surface area contributed by atoms with Gasteiger partial charge in [-0.15, -0.1) is 11.3 Å². The van der Waals surface area contributed by atoms with E-state index in [1.165, 1.54) is 17.4 Å². The fraction of sp³-hybridized carbons (Fsp3) is 0.200. The standard InChI is InChI=1S/C25H25NO5S/c1-4-30-20-13-9-18(10-14-20)21-16-32-24(23(21)25(28)31-5-2)26-22(27)15-8-17-6-11-19(29-3)12-7-17/h6-16H,4-5H2,1-3H3,(H,26,27)/b15-8+. The SMILES string of the molecule is CCOC(=O)c1c(-c2ccc(OCC)cc2)csc1NC(=O)/C=C/c1ccc(OC)cc1.